The highest BCUT2D eigenvalue weighted by Crippen LogP contribution is 2.22. The minimum atomic E-state index is 0.271. The molecular formula is C13H27NO2. The zero-order chi connectivity index (χ0) is 12.0. The minimum absolute atomic E-state index is 0.271. The lowest BCUT2D eigenvalue weighted by Crippen LogP contribution is -2.35. The summed E-state index contributed by atoms with van der Waals surface area (Å²) in [4.78, 5) is 0. The molecule has 0 aliphatic carbocycles. The van der Waals surface area contributed by atoms with E-state index in [1.54, 1.807) is 0 Å². The molecule has 0 spiro atoms. The van der Waals surface area contributed by atoms with Crippen LogP contribution in [0.3, 0.4) is 0 Å². The molecular weight excluding hydrogens is 202 g/mol. The van der Waals surface area contributed by atoms with Crippen LogP contribution in [-0.4, -0.2) is 37.0 Å². The topological polar surface area (TPSA) is 41.5 Å². The van der Waals surface area contributed by atoms with Gasteiger partial charge in [0.25, 0.3) is 0 Å². The Kier molecular flexibility index (Phi) is 5.73. The number of ether oxygens (including phenoxy) is 1. The Bertz CT molecular complexity index is 194. The van der Waals surface area contributed by atoms with Gasteiger partial charge in [0.15, 0.2) is 0 Å². The Morgan fingerprint density at radius 1 is 1.38 bits per heavy atom. The SMILES string of the molecule is CC1CCC(CNCC(C)(C)CCCO)O1. The predicted molar refractivity (Wildman–Crippen MR) is 66.5 cm³/mol. The molecule has 1 fully saturated rings. The largest absolute Gasteiger partial charge is 0.396 e. The summed E-state index contributed by atoms with van der Waals surface area (Å²) < 4.78 is 5.75. The van der Waals surface area contributed by atoms with Crippen LogP contribution in [0.5, 0.6) is 0 Å². The van der Waals surface area contributed by atoms with Gasteiger partial charge in [-0.3, -0.25) is 0 Å². The number of nitrogens with one attached hydrogen (secondary N) is 1. The van der Waals surface area contributed by atoms with E-state index in [9.17, 15) is 0 Å². The highest BCUT2D eigenvalue weighted by molar-refractivity contribution is 4.76. The van der Waals surface area contributed by atoms with Gasteiger partial charge in [-0.05, 0) is 38.0 Å². The van der Waals surface area contributed by atoms with Gasteiger partial charge in [-0.25, -0.2) is 0 Å². The number of hydrogen-bond donors (Lipinski definition) is 2. The van der Waals surface area contributed by atoms with Crippen LogP contribution < -0.4 is 5.32 Å². The van der Waals surface area contributed by atoms with Crippen LogP contribution in [0.1, 0.15) is 46.5 Å². The highest BCUT2D eigenvalue weighted by atomic mass is 16.5. The average Bonchev–Trinajstić information content (AvgIpc) is 2.61. The van der Waals surface area contributed by atoms with E-state index in [4.69, 9.17) is 9.84 Å². The third kappa shape index (κ3) is 5.28. The summed E-state index contributed by atoms with van der Waals surface area (Å²) in [6, 6.07) is 0. The van der Waals surface area contributed by atoms with Gasteiger partial charge in [0.2, 0.25) is 0 Å². The molecule has 1 heterocycles. The summed E-state index contributed by atoms with van der Waals surface area (Å²) in [6.45, 7) is 8.90. The van der Waals surface area contributed by atoms with Crippen molar-refractivity contribution in [1.29, 1.82) is 0 Å². The molecule has 1 aliphatic heterocycles. The van der Waals surface area contributed by atoms with E-state index < -0.39 is 0 Å². The number of hydrogen-bond acceptors (Lipinski definition) is 3. The van der Waals surface area contributed by atoms with Gasteiger partial charge in [0.05, 0.1) is 12.2 Å². The van der Waals surface area contributed by atoms with Gasteiger partial charge in [-0.1, -0.05) is 13.8 Å². The molecule has 3 heteroatoms. The molecule has 1 aliphatic rings. The van der Waals surface area contributed by atoms with E-state index in [0.717, 1.165) is 25.9 Å². The number of aliphatic hydroxyl groups excluding tert-OH is 1. The Morgan fingerprint density at radius 3 is 2.69 bits per heavy atom. The van der Waals surface area contributed by atoms with Crippen molar-refractivity contribution in [3.8, 4) is 0 Å². The van der Waals surface area contributed by atoms with Crippen LogP contribution in [0.15, 0.2) is 0 Å². The maximum atomic E-state index is 8.82. The summed E-state index contributed by atoms with van der Waals surface area (Å²) in [5.41, 5.74) is 0.271. The molecule has 96 valence electrons. The van der Waals surface area contributed by atoms with Gasteiger partial charge in [-0.2, -0.15) is 0 Å². The molecule has 2 N–H and O–H groups in total. The molecule has 0 saturated carbocycles. The predicted octanol–water partition coefficient (Wildman–Crippen LogP) is 1.94. The van der Waals surface area contributed by atoms with E-state index in [-0.39, 0.29) is 5.41 Å². The number of aliphatic hydroxyl groups is 1. The van der Waals surface area contributed by atoms with E-state index in [1.807, 2.05) is 0 Å². The van der Waals surface area contributed by atoms with Crippen molar-refractivity contribution in [2.24, 2.45) is 5.41 Å². The first-order chi connectivity index (χ1) is 7.53. The van der Waals surface area contributed by atoms with Gasteiger partial charge >= 0.3 is 0 Å². The Morgan fingerprint density at radius 2 is 2.12 bits per heavy atom. The van der Waals surface area contributed by atoms with Crippen molar-refractivity contribution in [3.63, 3.8) is 0 Å². The van der Waals surface area contributed by atoms with Crippen LogP contribution in [0.25, 0.3) is 0 Å². The molecule has 0 amide bonds. The minimum Gasteiger partial charge on any atom is -0.396 e. The van der Waals surface area contributed by atoms with Crippen molar-refractivity contribution in [2.75, 3.05) is 19.7 Å². The third-order valence-corrected chi connectivity index (χ3v) is 3.31. The fraction of sp³-hybridized carbons (Fsp3) is 1.00. The second-order valence-electron chi connectivity index (χ2n) is 5.77. The average molecular weight is 229 g/mol. The molecule has 3 nitrogen and oxygen atoms in total. The van der Waals surface area contributed by atoms with Crippen molar-refractivity contribution in [2.45, 2.75) is 58.7 Å². The summed E-state index contributed by atoms with van der Waals surface area (Å²) >= 11 is 0. The Balaban J connectivity index is 2.09. The first kappa shape index (κ1) is 13.9. The summed E-state index contributed by atoms with van der Waals surface area (Å²) in [6.07, 6.45) is 5.19. The molecule has 2 atom stereocenters. The smallest absolute Gasteiger partial charge is 0.0704 e. The van der Waals surface area contributed by atoms with Crippen LogP contribution in [-0.2, 0) is 4.74 Å². The Labute approximate surface area is 99.6 Å². The zero-order valence-corrected chi connectivity index (χ0v) is 11.0. The van der Waals surface area contributed by atoms with E-state index in [0.29, 0.717) is 18.8 Å². The van der Waals surface area contributed by atoms with E-state index in [1.165, 1.54) is 12.8 Å². The summed E-state index contributed by atoms with van der Waals surface area (Å²) in [5.74, 6) is 0. The summed E-state index contributed by atoms with van der Waals surface area (Å²) in [7, 11) is 0. The molecule has 2 unspecified atom stereocenters. The van der Waals surface area contributed by atoms with Gasteiger partial charge in [0, 0.05) is 19.7 Å². The zero-order valence-electron chi connectivity index (χ0n) is 11.0. The maximum absolute atomic E-state index is 8.82. The lowest BCUT2D eigenvalue weighted by Gasteiger charge is -2.25. The van der Waals surface area contributed by atoms with Crippen molar-refractivity contribution in [1.82, 2.24) is 5.32 Å². The maximum Gasteiger partial charge on any atom is 0.0704 e. The third-order valence-electron chi connectivity index (χ3n) is 3.31. The van der Waals surface area contributed by atoms with Crippen molar-refractivity contribution >= 4 is 0 Å². The standard InChI is InChI=1S/C13H27NO2/c1-11-5-6-12(16-11)9-14-10-13(2,3)7-4-8-15/h11-12,14-15H,4-10H2,1-3H3. The van der Waals surface area contributed by atoms with Crippen molar-refractivity contribution in [3.05, 3.63) is 0 Å². The van der Waals surface area contributed by atoms with Gasteiger partial charge in [-0.15, -0.1) is 0 Å². The van der Waals surface area contributed by atoms with Gasteiger partial charge in [0.1, 0.15) is 0 Å². The lowest BCUT2D eigenvalue weighted by atomic mass is 9.88. The molecule has 0 bridgehead atoms. The second-order valence-corrected chi connectivity index (χ2v) is 5.77. The fourth-order valence-corrected chi connectivity index (χ4v) is 2.25. The molecule has 0 radical (unpaired) electrons. The first-order valence-corrected chi connectivity index (χ1v) is 6.50. The van der Waals surface area contributed by atoms with Crippen LogP contribution in [0.2, 0.25) is 0 Å². The van der Waals surface area contributed by atoms with Gasteiger partial charge < -0.3 is 15.2 Å². The number of rotatable bonds is 7. The molecule has 0 aromatic rings. The lowest BCUT2D eigenvalue weighted by molar-refractivity contribution is 0.0544. The molecule has 1 saturated heterocycles. The molecule has 16 heavy (non-hydrogen) atoms. The normalized spacial score (nSPS) is 26.2. The summed E-state index contributed by atoms with van der Waals surface area (Å²) in [5, 5.41) is 12.3. The molecule has 0 aromatic carbocycles. The van der Waals surface area contributed by atoms with Crippen LogP contribution in [0.4, 0.5) is 0 Å². The van der Waals surface area contributed by atoms with Crippen molar-refractivity contribution < 1.29 is 9.84 Å². The Hall–Kier alpha value is -0.120. The van der Waals surface area contributed by atoms with E-state index in [2.05, 4.69) is 26.1 Å². The molecule has 0 aromatic heterocycles. The fourth-order valence-electron chi connectivity index (χ4n) is 2.25. The van der Waals surface area contributed by atoms with E-state index >= 15 is 0 Å². The quantitative estimate of drug-likeness (QED) is 0.701. The monoisotopic (exact) mass is 229 g/mol. The molecule has 1 rings (SSSR count). The van der Waals surface area contributed by atoms with Crippen LogP contribution >= 0.6 is 0 Å². The highest BCUT2D eigenvalue weighted by Gasteiger charge is 2.22. The second kappa shape index (κ2) is 6.58. The first-order valence-electron chi connectivity index (χ1n) is 6.50. The van der Waals surface area contributed by atoms with Crippen LogP contribution in [0, 0.1) is 5.41 Å².